The molecule has 2 aromatic carbocycles. The summed E-state index contributed by atoms with van der Waals surface area (Å²) >= 11 is 5.98. The van der Waals surface area contributed by atoms with E-state index in [-0.39, 0.29) is 22.9 Å². The second kappa shape index (κ2) is 8.57. The molecule has 4 rings (SSSR count). The number of aromatic nitrogens is 2. The van der Waals surface area contributed by atoms with Crippen molar-refractivity contribution in [2.75, 3.05) is 23.3 Å². The minimum atomic E-state index is -0.487. The Balaban J connectivity index is 1.40. The summed E-state index contributed by atoms with van der Waals surface area (Å²) in [7, 11) is 0. The lowest BCUT2D eigenvalue weighted by atomic mass is 10.1. The summed E-state index contributed by atoms with van der Waals surface area (Å²) < 4.78 is 13.8. The second-order valence-corrected chi connectivity index (χ2v) is 7.38. The minimum absolute atomic E-state index is 0.128. The van der Waals surface area contributed by atoms with Crippen LogP contribution in [0.2, 0.25) is 5.02 Å². The van der Waals surface area contributed by atoms with Crippen LogP contribution < -0.4 is 10.2 Å². The average Bonchev–Trinajstić information content (AvgIpc) is 3.27. The van der Waals surface area contributed by atoms with Crippen LogP contribution in [0.4, 0.5) is 15.9 Å². The van der Waals surface area contributed by atoms with Crippen molar-refractivity contribution in [3.8, 4) is 11.3 Å². The number of benzene rings is 2. The molecule has 7 heteroatoms. The molecule has 1 amide bonds. The Kier molecular flexibility index (Phi) is 5.71. The Labute approximate surface area is 173 Å². The molecule has 0 aliphatic carbocycles. The zero-order valence-corrected chi connectivity index (χ0v) is 16.5. The zero-order chi connectivity index (χ0) is 20.2. The van der Waals surface area contributed by atoms with Crippen LogP contribution in [0.25, 0.3) is 11.3 Å². The number of carbonyl (C=O) groups excluding carboxylic acids is 1. The van der Waals surface area contributed by atoms with Gasteiger partial charge in [0.25, 0.3) is 0 Å². The van der Waals surface area contributed by atoms with Crippen molar-refractivity contribution in [3.63, 3.8) is 0 Å². The third kappa shape index (κ3) is 4.54. The van der Waals surface area contributed by atoms with Crippen LogP contribution in [-0.4, -0.2) is 29.2 Å². The van der Waals surface area contributed by atoms with Crippen LogP contribution in [-0.2, 0) is 11.2 Å². The van der Waals surface area contributed by atoms with Gasteiger partial charge >= 0.3 is 0 Å². The number of nitrogens with zero attached hydrogens (tertiary/aromatic N) is 3. The van der Waals surface area contributed by atoms with Crippen LogP contribution in [0.5, 0.6) is 0 Å². The van der Waals surface area contributed by atoms with Gasteiger partial charge < -0.3 is 10.2 Å². The highest BCUT2D eigenvalue weighted by Crippen LogP contribution is 2.23. The maximum absolute atomic E-state index is 13.8. The summed E-state index contributed by atoms with van der Waals surface area (Å²) in [4.78, 5) is 14.5. The molecule has 1 fully saturated rings. The Hall–Kier alpha value is -2.99. The minimum Gasteiger partial charge on any atom is -0.355 e. The first-order valence-electron chi connectivity index (χ1n) is 9.52. The van der Waals surface area contributed by atoms with Crippen molar-refractivity contribution in [2.24, 2.45) is 0 Å². The van der Waals surface area contributed by atoms with Crippen molar-refractivity contribution < 1.29 is 9.18 Å². The molecular weight excluding hydrogens is 391 g/mol. The molecular formula is C22H20ClFN4O. The number of anilines is 2. The topological polar surface area (TPSA) is 58.1 Å². The number of hydrogen-bond acceptors (Lipinski definition) is 4. The van der Waals surface area contributed by atoms with E-state index >= 15 is 0 Å². The van der Waals surface area contributed by atoms with Gasteiger partial charge in [-0.2, -0.15) is 0 Å². The lowest BCUT2D eigenvalue weighted by Gasteiger charge is -2.15. The highest BCUT2D eigenvalue weighted by Gasteiger charge is 2.14. The maximum Gasteiger partial charge on any atom is 0.228 e. The van der Waals surface area contributed by atoms with E-state index < -0.39 is 5.82 Å². The molecule has 0 saturated carbocycles. The van der Waals surface area contributed by atoms with E-state index in [4.69, 9.17) is 11.6 Å². The molecule has 148 valence electrons. The summed E-state index contributed by atoms with van der Waals surface area (Å²) in [5, 5.41) is 11.7. The van der Waals surface area contributed by atoms with Crippen LogP contribution in [0.15, 0.2) is 54.6 Å². The van der Waals surface area contributed by atoms with Gasteiger partial charge in [-0.25, -0.2) is 4.39 Å². The lowest BCUT2D eigenvalue weighted by molar-refractivity contribution is -0.115. The van der Waals surface area contributed by atoms with Crippen LogP contribution in [0.3, 0.4) is 0 Å². The summed E-state index contributed by atoms with van der Waals surface area (Å²) in [6, 6.07) is 15.6. The summed E-state index contributed by atoms with van der Waals surface area (Å²) in [5.74, 6) is 0.0837. The molecule has 0 unspecified atom stereocenters. The molecule has 0 radical (unpaired) electrons. The average molecular weight is 411 g/mol. The van der Waals surface area contributed by atoms with Gasteiger partial charge in [-0.3, -0.25) is 4.79 Å². The highest BCUT2D eigenvalue weighted by atomic mass is 35.5. The molecule has 1 aromatic heterocycles. The quantitative estimate of drug-likeness (QED) is 0.661. The van der Waals surface area contributed by atoms with Crippen LogP contribution in [0, 0.1) is 5.82 Å². The fourth-order valence-corrected chi connectivity index (χ4v) is 3.62. The van der Waals surface area contributed by atoms with Gasteiger partial charge in [-0.1, -0.05) is 29.8 Å². The van der Waals surface area contributed by atoms with E-state index in [1.807, 2.05) is 24.3 Å². The van der Waals surface area contributed by atoms with E-state index in [1.165, 1.54) is 25.0 Å². The Bertz CT molecular complexity index is 982. The monoisotopic (exact) mass is 410 g/mol. The normalized spacial score (nSPS) is 13.5. The van der Waals surface area contributed by atoms with Gasteiger partial charge in [0.05, 0.1) is 12.1 Å². The number of amides is 1. The van der Waals surface area contributed by atoms with Gasteiger partial charge in [-0.15, -0.1) is 10.2 Å². The summed E-state index contributed by atoms with van der Waals surface area (Å²) in [6.07, 6.45) is 2.26. The van der Waals surface area contributed by atoms with Gasteiger partial charge in [0.15, 0.2) is 5.82 Å². The first-order valence-corrected chi connectivity index (χ1v) is 9.90. The molecule has 3 aromatic rings. The smallest absolute Gasteiger partial charge is 0.228 e. The van der Waals surface area contributed by atoms with E-state index in [9.17, 15) is 9.18 Å². The molecule has 1 N–H and O–H groups in total. The maximum atomic E-state index is 13.8. The Morgan fingerprint density at radius 1 is 1.03 bits per heavy atom. The second-order valence-electron chi connectivity index (χ2n) is 6.97. The standard InChI is InChI=1S/C22H20ClFN4O/c23-18-4-3-5-19(24)17(18)14-22(29)25-16-8-6-15(7-9-16)20-10-11-21(27-26-20)28-12-1-2-13-28/h3-11H,1-2,12-14H2,(H,25,29). The number of hydrogen-bond donors (Lipinski definition) is 1. The number of carbonyl (C=O) groups is 1. The Morgan fingerprint density at radius 2 is 1.79 bits per heavy atom. The molecule has 0 atom stereocenters. The van der Waals surface area contributed by atoms with Crippen molar-refractivity contribution in [1.82, 2.24) is 10.2 Å². The fraction of sp³-hybridized carbons (Fsp3) is 0.227. The zero-order valence-electron chi connectivity index (χ0n) is 15.7. The fourth-order valence-electron chi connectivity index (χ4n) is 3.39. The third-order valence-corrected chi connectivity index (χ3v) is 5.30. The van der Waals surface area contributed by atoms with Gasteiger partial charge in [0.2, 0.25) is 5.91 Å². The van der Waals surface area contributed by atoms with Crippen LogP contribution >= 0.6 is 11.6 Å². The molecule has 29 heavy (non-hydrogen) atoms. The molecule has 0 bridgehead atoms. The predicted octanol–water partition coefficient (Wildman–Crippen LogP) is 4.72. The Morgan fingerprint density at radius 3 is 2.45 bits per heavy atom. The van der Waals surface area contributed by atoms with Gasteiger partial charge in [0, 0.05) is 34.9 Å². The first-order chi connectivity index (χ1) is 14.1. The van der Waals surface area contributed by atoms with Crippen molar-refractivity contribution in [3.05, 3.63) is 71.0 Å². The molecule has 1 saturated heterocycles. The highest BCUT2D eigenvalue weighted by molar-refractivity contribution is 6.31. The summed E-state index contributed by atoms with van der Waals surface area (Å²) in [5.41, 5.74) is 2.48. The van der Waals surface area contributed by atoms with Gasteiger partial charge in [0.1, 0.15) is 5.82 Å². The van der Waals surface area contributed by atoms with Crippen molar-refractivity contribution in [2.45, 2.75) is 19.3 Å². The van der Waals surface area contributed by atoms with E-state index in [0.29, 0.717) is 5.69 Å². The number of nitrogens with one attached hydrogen (secondary N) is 1. The SMILES string of the molecule is O=C(Cc1c(F)cccc1Cl)Nc1ccc(-c2ccc(N3CCCC3)nn2)cc1. The molecule has 0 spiro atoms. The van der Waals surface area contributed by atoms with Gasteiger partial charge in [-0.05, 0) is 49.2 Å². The molecule has 5 nitrogen and oxygen atoms in total. The van der Waals surface area contributed by atoms with E-state index in [0.717, 1.165) is 30.2 Å². The summed E-state index contributed by atoms with van der Waals surface area (Å²) in [6.45, 7) is 2.06. The molecule has 1 aliphatic heterocycles. The first kappa shape index (κ1) is 19.3. The molecule has 1 aliphatic rings. The van der Waals surface area contributed by atoms with E-state index in [1.54, 1.807) is 18.2 Å². The number of halogens is 2. The predicted molar refractivity (Wildman–Crippen MR) is 113 cm³/mol. The lowest BCUT2D eigenvalue weighted by Crippen LogP contribution is -2.19. The number of rotatable bonds is 5. The third-order valence-electron chi connectivity index (χ3n) is 4.94. The largest absolute Gasteiger partial charge is 0.355 e. The van der Waals surface area contributed by atoms with E-state index in [2.05, 4.69) is 20.4 Å². The van der Waals surface area contributed by atoms with Crippen molar-refractivity contribution >= 4 is 29.0 Å². The van der Waals surface area contributed by atoms with Crippen LogP contribution in [0.1, 0.15) is 18.4 Å². The van der Waals surface area contributed by atoms with Crippen molar-refractivity contribution in [1.29, 1.82) is 0 Å². The molecule has 2 heterocycles.